The molecule has 1 heterocycles. The smallest absolute Gasteiger partial charge is 0.160 e. The molecule has 0 spiro atoms. The molecule has 0 aliphatic carbocycles. The fourth-order valence-electron chi connectivity index (χ4n) is 1.06. The van der Waals surface area contributed by atoms with Gasteiger partial charge in [-0.15, -0.1) is 11.3 Å². The highest BCUT2D eigenvalue weighted by atomic mass is 79.9. The summed E-state index contributed by atoms with van der Waals surface area (Å²) >= 11 is 8.01. The first kappa shape index (κ1) is 9.55. The second-order valence-corrected chi connectivity index (χ2v) is 5.38. The summed E-state index contributed by atoms with van der Waals surface area (Å²) in [4.78, 5) is 4.13. The van der Waals surface area contributed by atoms with Crippen molar-refractivity contribution >= 4 is 53.4 Å². The van der Waals surface area contributed by atoms with Crippen LogP contribution in [0.15, 0.2) is 16.0 Å². The maximum absolute atomic E-state index is 13.2. The average molecular weight is 325 g/mol. The Morgan fingerprint density at radius 3 is 2.92 bits per heavy atom. The van der Waals surface area contributed by atoms with Crippen LogP contribution in [0.4, 0.5) is 4.39 Å². The van der Waals surface area contributed by atoms with Crippen molar-refractivity contribution < 1.29 is 4.39 Å². The molecule has 1 nitrogen and oxygen atoms in total. The molecule has 0 unspecified atom stereocenters. The molecule has 0 fully saturated rings. The third kappa shape index (κ3) is 1.78. The highest BCUT2D eigenvalue weighted by Gasteiger charge is 2.07. The van der Waals surface area contributed by atoms with Crippen LogP contribution in [0, 0.1) is 5.82 Å². The first-order chi connectivity index (χ1) is 6.20. The minimum Gasteiger partial charge on any atom is -0.229 e. The van der Waals surface area contributed by atoms with E-state index in [0.717, 1.165) is 8.62 Å². The summed E-state index contributed by atoms with van der Waals surface area (Å²) in [5.41, 5.74) is 1.38. The number of thiazole rings is 1. The zero-order valence-electron chi connectivity index (χ0n) is 6.35. The molecule has 2 aromatic rings. The van der Waals surface area contributed by atoms with Gasteiger partial charge in [0.05, 0.1) is 10.2 Å². The van der Waals surface area contributed by atoms with E-state index in [1.165, 1.54) is 17.4 Å². The molecule has 0 aliphatic rings. The summed E-state index contributed by atoms with van der Waals surface area (Å²) < 4.78 is 15.0. The van der Waals surface area contributed by atoms with Crippen molar-refractivity contribution in [1.29, 1.82) is 0 Å². The maximum atomic E-state index is 13.2. The Balaban J connectivity index is 2.72. The molecule has 0 aliphatic heterocycles. The minimum atomic E-state index is -0.206. The molecule has 0 amide bonds. The summed E-state index contributed by atoms with van der Waals surface area (Å²) in [5.74, 6) is -0.206. The molecule has 0 atom stereocenters. The number of halogens is 3. The maximum Gasteiger partial charge on any atom is 0.160 e. The number of rotatable bonds is 1. The Hall–Kier alpha value is -0.000000000000000111. The Kier molecular flexibility index (Phi) is 2.67. The zero-order chi connectivity index (χ0) is 9.42. The SMILES string of the molecule is Fc1cc2nc(Br)sc2cc1CBr. The van der Waals surface area contributed by atoms with Gasteiger partial charge in [0.1, 0.15) is 5.82 Å². The van der Waals surface area contributed by atoms with Crippen molar-refractivity contribution in [2.45, 2.75) is 5.33 Å². The molecule has 5 heteroatoms. The Bertz CT molecular complexity index is 455. The van der Waals surface area contributed by atoms with Gasteiger partial charge in [0.15, 0.2) is 3.92 Å². The summed E-state index contributed by atoms with van der Waals surface area (Å²) in [7, 11) is 0. The van der Waals surface area contributed by atoms with Gasteiger partial charge < -0.3 is 0 Å². The van der Waals surface area contributed by atoms with Crippen LogP contribution < -0.4 is 0 Å². The second-order valence-electron chi connectivity index (χ2n) is 2.51. The van der Waals surface area contributed by atoms with E-state index >= 15 is 0 Å². The fraction of sp³-hybridized carbons (Fsp3) is 0.125. The largest absolute Gasteiger partial charge is 0.229 e. The second kappa shape index (κ2) is 3.63. The lowest BCUT2D eigenvalue weighted by Crippen LogP contribution is -1.84. The first-order valence-corrected chi connectivity index (χ1v) is 6.24. The van der Waals surface area contributed by atoms with E-state index in [9.17, 15) is 4.39 Å². The molecule has 0 radical (unpaired) electrons. The van der Waals surface area contributed by atoms with Gasteiger partial charge >= 0.3 is 0 Å². The summed E-state index contributed by atoms with van der Waals surface area (Å²) in [6.07, 6.45) is 0. The number of nitrogens with zero attached hydrogens (tertiary/aromatic N) is 1. The first-order valence-electron chi connectivity index (χ1n) is 3.51. The van der Waals surface area contributed by atoms with Crippen molar-refractivity contribution in [2.75, 3.05) is 0 Å². The van der Waals surface area contributed by atoms with E-state index in [1.807, 2.05) is 6.07 Å². The van der Waals surface area contributed by atoms with Crippen LogP contribution >= 0.6 is 43.2 Å². The van der Waals surface area contributed by atoms with Gasteiger partial charge in [-0.2, -0.15) is 0 Å². The number of hydrogen-bond donors (Lipinski definition) is 0. The van der Waals surface area contributed by atoms with Gasteiger partial charge in [0.25, 0.3) is 0 Å². The fourth-order valence-corrected chi connectivity index (χ4v) is 2.94. The average Bonchev–Trinajstić information content (AvgIpc) is 2.42. The molecule has 0 saturated heterocycles. The monoisotopic (exact) mass is 323 g/mol. The highest BCUT2D eigenvalue weighted by Crippen LogP contribution is 2.28. The number of benzene rings is 1. The predicted molar refractivity (Wildman–Crippen MR) is 59.9 cm³/mol. The van der Waals surface area contributed by atoms with Crippen molar-refractivity contribution in [2.24, 2.45) is 0 Å². The minimum absolute atomic E-state index is 0.206. The standard InChI is InChI=1S/C8H4Br2FNS/c9-3-4-1-7-6(2-5(4)11)12-8(10)13-7/h1-2H,3H2. The highest BCUT2D eigenvalue weighted by molar-refractivity contribution is 9.11. The normalized spacial score (nSPS) is 11.0. The van der Waals surface area contributed by atoms with Crippen LogP contribution in [0.5, 0.6) is 0 Å². The summed E-state index contributed by atoms with van der Waals surface area (Å²) in [6, 6.07) is 3.29. The van der Waals surface area contributed by atoms with Gasteiger partial charge in [0, 0.05) is 11.4 Å². The number of fused-ring (bicyclic) bond motifs is 1. The van der Waals surface area contributed by atoms with Gasteiger partial charge in [-0.3, -0.25) is 0 Å². The molecule has 68 valence electrons. The van der Waals surface area contributed by atoms with Crippen molar-refractivity contribution in [3.8, 4) is 0 Å². The predicted octanol–water partition coefficient (Wildman–Crippen LogP) is 4.09. The van der Waals surface area contributed by atoms with E-state index in [2.05, 4.69) is 36.8 Å². The molecule has 0 N–H and O–H groups in total. The van der Waals surface area contributed by atoms with Gasteiger partial charge in [0.2, 0.25) is 0 Å². The van der Waals surface area contributed by atoms with Crippen LogP contribution in [0.25, 0.3) is 10.2 Å². The van der Waals surface area contributed by atoms with E-state index in [-0.39, 0.29) is 5.82 Å². The zero-order valence-corrected chi connectivity index (χ0v) is 10.3. The molecule has 1 aromatic carbocycles. The lowest BCUT2D eigenvalue weighted by atomic mass is 10.2. The van der Waals surface area contributed by atoms with Crippen LogP contribution in [-0.2, 0) is 5.33 Å². The molecule has 1 aromatic heterocycles. The van der Waals surface area contributed by atoms with E-state index in [4.69, 9.17) is 0 Å². The quantitative estimate of drug-likeness (QED) is 0.720. The summed E-state index contributed by atoms with van der Waals surface area (Å²) in [6.45, 7) is 0. The Morgan fingerprint density at radius 1 is 1.46 bits per heavy atom. The van der Waals surface area contributed by atoms with Gasteiger partial charge in [-0.05, 0) is 27.6 Å². The number of alkyl halides is 1. The third-order valence-electron chi connectivity index (χ3n) is 1.67. The summed E-state index contributed by atoms with van der Waals surface area (Å²) in [5, 5.41) is 0.532. The van der Waals surface area contributed by atoms with Crippen molar-refractivity contribution in [3.63, 3.8) is 0 Å². The third-order valence-corrected chi connectivity index (χ3v) is 3.75. The lowest BCUT2D eigenvalue weighted by molar-refractivity contribution is 0.619. The van der Waals surface area contributed by atoms with E-state index in [1.54, 1.807) is 0 Å². The van der Waals surface area contributed by atoms with Crippen molar-refractivity contribution in [3.05, 3.63) is 27.4 Å². The number of aromatic nitrogens is 1. The van der Waals surface area contributed by atoms with Crippen LogP contribution in [0.2, 0.25) is 0 Å². The van der Waals surface area contributed by atoms with Crippen LogP contribution in [-0.4, -0.2) is 4.98 Å². The Morgan fingerprint density at radius 2 is 2.23 bits per heavy atom. The molecular weight excluding hydrogens is 321 g/mol. The molecular formula is C8H4Br2FNS. The lowest BCUT2D eigenvalue weighted by Gasteiger charge is -1.96. The van der Waals surface area contributed by atoms with E-state index < -0.39 is 0 Å². The molecule has 2 rings (SSSR count). The molecule has 0 bridgehead atoms. The molecule has 13 heavy (non-hydrogen) atoms. The van der Waals surface area contributed by atoms with Crippen LogP contribution in [0.3, 0.4) is 0 Å². The van der Waals surface area contributed by atoms with Crippen LogP contribution in [0.1, 0.15) is 5.56 Å². The van der Waals surface area contributed by atoms with Gasteiger partial charge in [-0.1, -0.05) is 15.9 Å². The molecule has 0 saturated carbocycles. The van der Waals surface area contributed by atoms with Gasteiger partial charge in [-0.25, -0.2) is 9.37 Å². The topological polar surface area (TPSA) is 12.9 Å². The van der Waals surface area contributed by atoms with Crippen molar-refractivity contribution in [1.82, 2.24) is 4.98 Å². The van der Waals surface area contributed by atoms with E-state index in [0.29, 0.717) is 16.4 Å². The number of hydrogen-bond acceptors (Lipinski definition) is 2. The Labute approximate surface area is 95.2 Å².